The smallest absolute Gasteiger partial charge is 0.350 e. The van der Waals surface area contributed by atoms with E-state index < -0.39 is 5.97 Å². The summed E-state index contributed by atoms with van der Waals surface area (Å²) in [6, 6.07) is 5.46. The molecule has 0 saturated carbocycles. The Hall–Kier alpha value is -3.07. The van der Waals surface area contributed by atoms with Crippen molar-refractivity contribution in [2.75, 3.05) is 12.4 Å². The number of aryl methyl sites for hydroxylation is 2. The monoisotopic (exact) mass is 356 g/mol. The summed E-state index contributed by atoms with van der Waals surface area (Å²) in [6.07, 6.45) is 1.66. The first-order chi connectivity index (χ1) is 12.0. The molecule has 0 aromatic carbocycles. The number of thiophene rings is 1. The number of guanidine groups is 1. The molecule has 128 valence electrons. The second-order valence-electron chi connectivity index (χ2n) is 5.23. The molecule has 3 aromatic rings. The average Bonchev–Trinajstić information content (AvgIpc) is 2.92. The molecule has 3 aromatic heterocycles. The van der Waals surface area contributed by atoms with Gasteiger partial charge in [-0.2, -0.15) is 4.99 Å². The van der Waals surface area contributed by atoms with Crippen LogP contribution < -0.4 is 11.1 Å². The summed E-state index contributed by atoms with van der Waals surface area (Å²) in [6.45, 7) is 3.70. The third-order valence-corrected chi connectivity index (χ3v) is 4.37. The minimum Gasteiger partial charge on any atom is -0.465 e. The van der Waals surface area contributed by atoms with Gasteiger partial charge in [0.2, 0.25) is 5.96 Å². The normalized spacial score (nSPS) is 11.6. The fourth-order valence-electron chi connectivity index (χ4n) is 2.31. The maximum absolute atomic E-state index is 12.0. The van der Waals surface area contributed by atoms with Crippen molar-refractivity contribution in [1.82, 2.24) is 15.0 Å². The van der Waals surface area contributed by atoms with Crippen LogP contribution in [0.25, 0.3) is 10.2 Å². The number of nitrogens with two attached hydrogens (primary N) is 1. The first kappa shape index (κ1) is 16.8. The summed E-state index contributed by atoms with van der Waals surface area (Å²) in [4.78, 5) is 30.0. The Bertz CT molecular complexity index is 962. The molecular formula is C16H16N6O2S. The van der Waals surface area contributed by atoms with E-state index >= 15 is 0 Å². The molecule has 9 heteroatoms. The molecule has 0 aliphatic rings. The van der Waals surface area contributed by atoms with Gasteiger partial charge in [0, 0.05) is 23.0 Å². The van der Waals surface area contributed by atoms with Gasteiger partial charge in [-0.25, -0.2) is 19.7 Å². The van der Waals surface area contributed by atoms with E-state index in [0.717, 1.165) is 16.8 Å². The summed E-state index contributed by atoms with van der Waals surface area (Å²) in [7, 11) is 1.32. The third kappa shape index (κ3) is 3.56. The molecule has 0 spiro atoms. The maximum Gasteiger partial charge on any atom is 0.350 e. The van der Waals surface area contributed by atoms with Gasteiger partial charge in [0.1, 0.15) is 9.71 Å². The minimum absolute atomic E-state index is 0.0682. The number of nitrogens with one attached hydrogen (secondary N) is 1. The lowest BCUT2D eigenvalue weighted by molar-refractivity contribution is 0.0607. The number of rotatable bonds is 3. The molecule has 3 rings (SSSR count). The SMILES string of the molecule is COC(=O)c1sc2ncccc2c1NC(N)=Nc1nc(C)cc(C)n1. The Labute approximate surface area is 147 Å². The molecule has 8 nitrogen and oxygen atoms in total. The van der Waals surface area contributed by atoms with E-state index in [0.29, 0.717) is 15.4 Å². The van der Waals surface area contributed by atoms with E-state index in [4.69, 9.17) is 10.5 Å². The highest BCUT2D eigenvalue weighted by atomic mass is 32.1. The third-order valence-electron chi connectivity index (χ3n) is 3.28. The van der Waals surface area contributed by atoms with E-state index in [-0.39, 0.29) is 11.9 Å². The van der Waals surface area contributed by atoms with Gasteiger partial charge in [-0.15, -0.1) is 11.3 Å². The largest absolute Gasteiger partial charge is 0.465 e. The Morgan fingerprint density at radius 1 is 1.32 bits per heavy atom. The van der Waals surface area contributed by atoms with Gasteiger partial charge in [-0.1, -0.05) is 0 Å². The van der Waals surface area contributed by atoms with Crippen molar-refractivity contribution in [3.8, 4) is 0 Å². The zero-order valence-corrected chi connectivity index (χ0v) is 14.7. The Morgan fingerprint density at radius 2 is 2.04 bits per heavy atom. The molecular weight excluding hydrogens is 340 g/mol. The van der Waals surface area contributed by atoms with Crippen LogP contribution in [0.1, 0.15) is 21.1 Å². The first-order valence-electron chi connectivity index (χ1n) is 7.37. The van der Waals surface area contributed by atoms with Crippen molar-refractivity contribution in [3.05, 3.63) is 40.7 Å². The summed E-state index contributed by atoms with van der Waals surface area (Å²) in [5, 5.41) is 3.71. The highest BCUT2D eigenvalue weighted by Crippen LogP contribution is 2.34. The van der Waals surface area contributed by atoms with Gasteiger partial charge in [0.15, 0.2) is 0 Å². The highest BCUT2D eigenvalue weighted by Gasteiger charge is 2.20. The van der Waals surface area contributed by atoms with Crippen molar-refractivity contribution < 1.29 is 9.53 Å². The zero-order valence-electron chi connectivity index (χ0n) is 13.9. The average molecular weight is 356 g/mol. The number of ether oxygens (including phenoxy) is 1. The number of aromatic nitrogens is 3. The molecule has 25 heavy (non-hydrogen) atoms. The van der Waals surface area contributed by atoms with E-state index in [2.05, 4.69) is 25.3 Å². The number of carbonyl (C=O) groups is 1. The number of fused-ring (bicyclic) bond motifs is 1. The molecule has 0 amide bonds. The minimum atomic E-state index is -0.471. The van der Waals surface area contributed by atoms with Crippen molar-refractivity contribution in [1.29, 1.82) is 0 Å². The van der Waals surface area contributed by atoms with Gasteiger partial charge in [-0.05, 0) is 32.0 Å². The van der Waals surface area contributed by atoms with Crippen LogP contribution >= 0.6 is 11.3 Å². The van der Waals surface area contributed by atoms with Crippen molar-refractivity contribution >= 4 is 45.1 Å². The van der Waals surface area contributed by atoms with E-state index in [1.54, 1.807) is 12.3 Å². The molecule has 3 N–H and O–H groups in total. The fraction of sp³-hybridized carbons (Fsp3) is 0.188. The number of anilines is 1. The molecule has 0 fully saturated rings. The maximum atomic E-state index is 12.0. The lowest BCUT2D eigenvalue weighted by Gasteiger charge is -2.07. The number of aliphatic imine (C=N–C) groups is 1. The van der Waals surface area contributed by atoms with Gasteiger partial charge in [0.05, 0.1) is 12.8 Å². The van der Waals surface area contributed by atoms with Crippen molar-refractivity contribution in [2.24, 2.45) is 10.7 Å². The van der Waals surface area contributed by atoms with Crippen LogP contribution in [-0.4, -0.2) is 34.0 Å². The van der Waals surface area contributed by atoms with Gasteiger partial charge < -0.3 is 15.8 Å². The van der Waals surface area contributed by atoms with Crippen molar-refractivity contribution in [3.63, 3.8) is 0 Å². The Morgan fingerprint density at radius 3 is 2.72 bits per heavy atom. The quantitative estimate of drug-likeness (QED) is 0.421. The summed E-state index contributed by atoms with van der Waals surface area (Å²) in [5.41, 5.74) is 8.08. The molecule has 0 atom stereocenters. The van der Waals surface area contributed by atoms with Crippen LogP contribution in [0.2, 0.25) is 0 Å². The molecule has 0 unspecified atom stereocenters. The zero-order chi connectivity index (χ0) is 18.0. The summed E-state index contributed by atoms with van der Waals surface area (Å²) >= 11 is 1.22. The number of hydrogen-bond acceptors (Lipinski definition) is 7. The number of carbonyl (C=O) groups excluding carboxylic acids is 1. The van der Waals surface area contributed by atoms with Crippen molar-refractivity contribution in [2.45, 2.75) is 13.8 Å². The fourth-order valence-corrected chi connectivity index (χ4v) is 3.33. The van der Waals surface area contributed by atoms with E-state index in [1.165, 1.54) is 18.4 Å². The first-order valence-corrected chi connectivity index (χ1v) is 8.19. The number of hydrogen-bond donors (Lipinski definition) is 2. The predicted octanol–water partition coefficient (Wildman–Crippen LogP) is 2.55. The van der Waals surface area contributed by atoms with Crippen LogP contribution in [0.5, 0.6) is 0 Å². The number of esters is 1. The van der Waals surface area contributed by atoms with Crippen LogP contribution in [-0.2, 0) is 4.74 Å². The molecule has 0 aliphatic heterocycles. The van der Waals surface area contributed by atoms with Crippen LogP contribution in [0.4, 0.5) is 11.6 Å². The van der Waals surface area contributed by atoms with E-state index in [1.807, 2.05) is 26.0 Å². The number of pyridine rings is 1. The molecule has 0 radical (unpaired) electrons. The molecule has 0 bridgehead atoms. The lowest BCUT2D eigenvalue weighted by Crippen LogP contribution is -2.23. The Balaban J connectivity index is 2.01. The standard InChI is InChI=1S/C16H16N6O2S/c1-8-7-9(2)20-16(19-8)22-15(17)21-11-10-5-4-6-18-13(10)25-12(11)14(23)24-3/h4-7H,1-3H3,(H3,17,19,20,21,22). The van der Waals surface area contributed by atoms with Gasteiger partial charge >= 0.3 is 5.97 Å². The highest BCUT2D eigenvalue weighted by molar-refractivity contribution is 7.21. The Kier molecular flexibility index (Phi) is 4.57. The van der Waals surface area contributed by atoms with E-state index in [9.17, 15) is 4.79 Å². The van der Waals surface area contributed by atoms with Crippen LogP contribution in [0, 0.1) is 13.8 Å². The number of methoxy groups -OCH3 is 1. The predicted molar refractivity (Wildman–Crippen MR) is 97.4 cm³/mol. The molecule has 3 heterocycles. The second-order valence-corrected chi connectivity index (χ2v) is 6.23. The molecule has 0 saturated heterocycles. The topological polar surface area (TPSA) is 115 Å². The molecule has 0 aliphatic carbocycles. The number of nitrogens with zero attached hydrogens (tertiary/aromatic N) is 4. The summed E-state index contributed by atoms with van der Waals surface area (Å²) in [5.74, 6) is -0.153. The summed E-state index contributed by atoms with van der Waals surface area (Å²) < 4.78 is 4.84. The lowest BCUT2D eigenvalue weighted by atomic mass is 10.2. The second kappa shape index (κ2) is 6.81. The van der Waals surface area contributed by atoms with Crippen LogP contribution in [0.15, 0.2) is 29.4 Å². The van der Waals surface area contributed by atoms with Gasteiger partial charge in [0.25, 0.3) is 5.95 Å². The van der Waals surface area contributed by atoms with Gasteiger partial charge in [-0.3, -0.25) is 0 Å². The van der Waals surface area contributed by atoms with Crippen LogP contribution in [0.3, 0.4) is 0 Å².